The molecule has 0 bridgehead atoms. The molecule has 0 amide bonds. The molecule has 1 atom stereocenters. The van der Waals surface area contributed by atoms with Gasteiger partial charge in [-0.05, 0) is 6.42 Å². The molecule has 1 aliphatic rings. The molecule has 0 aliphatic heterocycles. The van der Waals surface area contributed by atoms with Crippen LogP contribution in [0, 0.1) is 5.92 Å². The van der Waals surface area contributed by atoms with Gasteiger partial charge in [0.05, 0.1) is 11.6 Å². The van der Waals surface area contributed by atoms with Crippen LogP contribution < -0.4 is 5.76 Å². The topological polar surface area (TPSA) is 46.0 Å². The number of aromatic nitrogens is 1. The highest BCUT2D eigenvalue weighted by Crippen LogP contribution is 2.35. The predicted molar refractivity (Wildman–Crippen MR) is 40.9 cm³/mol. The zero-order valence-electron chi connectivity index (χ0n) is 7.15. The molecule has 0 radical (unpaired) electrons. The van der Waals surface area contributed by atoms with E-state index >= 15 is 0 Å². The number of hydrogen-bond acceptors (Lipinski definition) is 2. The molecule has 0 aromatic carbocycles. The van der Waals surface area contributed by atoms with Gasteiger partial charge in [0.25, 0.3) is 0 Å². The third-order valence-corrected chi connectivity index (χ3v) is 2.44. The molecule has 0 spiro atoms. The Bertz CT molecular complexity index is 390. The summed E-state index contributed by atoms with van der Waals surface area (Å²) in [5.74, 6) is -1.66. The number of aromatic amines is 1. The molecule has 1 N–H and O–H groups in total. The van der Waals surface area contributed by atoms with Gasteiger partial charge in [-0.2, -0.15) is 13.2 Å². The first kappa shape index (κ1) is 9.36. The number of nitrogens with one attached hydrogen (secondary N) is 1. The first-order chi connectivity index (χ1) is 6.47. The third-order valence-electron chi connectivity index (χ3n) is 2.44. The Kier molecular flexibility index (Phi) is 1.94. The van der Waals surface area contributed by atoms with Gasteiger partial charge in [0.15, 0.2) is 0 Å². The van der Waals surface area contributed by atoms with E-state index in [4.69, 9.17) is 0 Å². The number of H-pyrrole nitrogens is 1. The van der Waals surface area contributed by atoms with Crippen LogP contribution in [0.1, 0.15) is 17.9 Å². The number of oxazole rings is 1. The van der Waals surface area contributed by atoms with Crippen molar-refractivity contribution in [3.05, 3.63) is 22.0 Å². The van der Waals surface area contributed by atoms with Gasteiger partial charge >= 0.3 is 11.9 Å². The van der Waals surface area contributed by atoms with Gasteiger partial charge in [-0.15, -0.1) is 0 Å². The van der Waals surface area contributed by atoms with Crippen LogP contribution in [0.2, 0.25) is 0 Å². The van der Waals surface area contributed by atoms with E-state index in [0.717, 1.165) is 0 Å². The van der Waals surface area contributed by atoms with E-state index in [9.17, 15) is 18.0 Å². The van der Waals surface area contributed by atoms with E-state index in [1.807, 2.05) is 0 Å². The zero-order chi connectivity index (χ0) is 10.3. The second kappa shape index (κ2) is 2.90. The maximum Gasteiger partial charge on any atom is 0.416 e. The minimum Gasteiger partial charge on any atom is -0.413 e. The van der Waals surface area contributed by atoms with Crippen molar-refractivity contribution < 1.29 is 17.6 Å². The number of hydrogen-bond donors (Lipinski definition) is 1. The fraction of sp³-hybridized carbons (Fsp3) is 0.625. The minimum absolute atomic E-state index is 0.00269. The molecular weight excluding hydrogens is 199 g/mol. The molecule has 0 saturated heterocycles. The quantitative estimate of drug-likeness (QED) is 0.702. The van der Waals surface area contributed by atoms with Crippen molar-refractivity contribution in [1.82, 2.24) is 4.98 Å². The zero-order valence-corrected chi connectivity index (χ0v) is 7.15. The first-order valence-corrected chi connectivity index (χ1v) is 4.24. The molecule has 1 unspecified atom stereocenters. The normalized spacial score (nSPS) is 22.1. The number of rotatable bonds is 0. The van der Waals surface area contributed by atoms with Gasteiger partial charge < -0.3 is 4.42 Å². The highest BCUT2D eigenvalue weighted by Gasteiger charge is 2.42. The molecule has 1 aromatic rings. The van der Waals surface area contributed by atoms with Crippen LogP contribution in [-0.2, 0) is 12.8 Å². The van der Waals surface area contributed by atoms with Crippen molar-refractivity contribution in [2.45, 2.75) is 25.4 Å². The lowest BCUT2D eigenvalue weighted by atomic mass is 9.90. The predicted octanol–water partition coefficient (Wildman–Crippen LogP) is 1.64. The van der Waals surface area contributed by atoms with Gasteiger partial charge in [0.2, 0.25) is 0 Å². The van der Waals surface area contributed by atoms with Crippen LogP contribution in [0.15, 0.2) is 9.21 Å². The summed E-state index contributed by atoms with van der Waals surface area (Å²) in [7, 11) is 0. The summed E-state index contributed by atoms with van der Waals surface area (Å²) in [4.78, 5) is 13.0. The van der Waals surface area contributed by atoms with Gasteiger partial charge in [0, 0.05) is 12.8 Å². The Balaban J connectivity index is 2.25. The van der Waals surface area contributed by atoms with Gasteiger partial charge in [-0.25, -0.2) is 4.79 Å². The summed E-state index contributed by atoms with van der Waals surface area (Å²) in [6, 6.07) is 0. The van der Waals surface area contributed by atoms with E-state index in [1.54, 1.807) is 0 Å². The molecule has 1 aromatic heterocycles. The van der Waals surface area contributed by atoms with Crippen molar-refractivity contribution in [3.8, 4) is 0 Å². The van der Waals surface area contributed by atoms with E-state index in [-0.39, 0.29) is 19.3 Å². The fourth-order valence-electron chi connectivity index (χ4n) is 1.69. The Morgan fingerprint density at radius 2 is 2.14 bits per heavy atom. The summed E-state index contributed by atoms with van der Waals surface area (Å²) in [5.41, 5.74) is 0.295. The Morgan fingerprint density at radius 1 is 1.43 bits per heavy atom. The van der Waals surface area contributed by atoms with Crippen LogP contribution in [-0.4, -0.2) is 11.2 Å². The first-order valence-electron chi connectivity index (χ1n) is 4.24. The highest BCUT2D eigenvalue weighted by atomic mass is 19.4. The number of aryl methyl sites for hydroxylation is 1. The molecule has 1 aliphatic carbocycles. The molecule has 2 rings (SSSR count). The molecule has 6 heteroatoms. The molecule has 3 nitrogen and oxygen atoms in total. The van der Waals surface area contributed by atoms with Crippen molar-refractivity contribution in [1.29, 1.82) is 0 Å². The Labute approximate surface area is 76.9 Å². The highest BCUT2D eigenvalue weighted by molar-refractivity contribution is 5.12. The monoisotopic (exact) mass is 207 g/mol. The van der Waals surface area contributed by atoms with Gasteiger partial charge in [-0.1, -0.05) is 0 Å². The molecule has 0 saturated carbocycles. The summed E-state index contributed by atoms with van der Waals surface area (Å²) in [6.45, 7) is 0. The van der Waals surface area contributed by atoms with Gasteiger partial charge in [-0.3, -0.25) is 4.98 Å². The van der Waals surface area contributed by atoms with Gasteiger partial charge in [0.1, 0.15) is 5.76 Å². The SMILES string of the molecule is O=c1[nH]c2c(o1)CCC(C(F)(F)F)C2. The minimum atomic E-state index is -4.19. The average molecular weight is 207 g/mol. The standard InChI is InChI=1S/C8H8F3NO2/c9-8(10,11)4-1-2-6-5(3-4)12-7(13)14-6/h4H,1-3H2,(H,12,13). The van der Waals surface area contributed by atoms with Crippen LogP contribution >= 0.6 is 0 Å². The average Bonchev–Trinajstić information content (AvgIpc) is 2.41. The van der Waals surface area contributed by atoms with Crippen molar-refractivity contribution >= 4 is 0 Å². The van der Waals surface area contributed by atoms with E-state index < -0.39 is 17.9 Å². The maximum atomic E-state index is 12.3. The second-order valence-electron chi connectivity index (χ2n) is 3.40. The summed E-state index contributed by atoms with van der Waals surface area (Å²) in [5, 5.41) is 0. The lowest BCUT2D eigenvalue weighted by Crippen LogP contribution is -2.28. The lowest BCUT2D eigenvalue weighted by Gasteiger charge is -2.22. The van der Waals surface area contributed by atoms with Crippen LogP contribution in [0.3, 0.4) is 0 Å². The smallest absolute Gasteiger partial charge is 0.413 e. The molecule has 14 heavy (non-hydrogen) atoms. The number of halogens is 3. The van der Waals surface area contributed by atoms with Crippen LogP contribution in [0.25, 0.3) is 0 Å². The Morgan fingerprint density at radius 3 is 2.79 bits per heavy atom. The van der Waals surface area contributed by atoms with Crippen molar-refractivity contribution in [3.63, 3.8) is 0 Å². The summed E-state index contributed by atoms with van der Waals surface area (Å²) < 4.78 is 41.6. The van der Waals surface area contributed by atoms with E-state index in [1.165, 1.54) is 0 Å². The lowest BCUT2D eigenvalue weighted by molar-refractivity contribution is -0.177. The Hall–Kier alpha value is -1.20. The fourth-order valence-corrected chi connectivity index (χ4v) is 1.69. The third kappa shape index (κ3) is 1.56. The van der Waals surface area contributed by atoms with Crippen molar-refractivity contribution in [2.75, 3.05) is 0 Å². The number of alkyl halides is 3. The van der Waals surface area contributed by atoms with Crippen LogP contribution in [0.4, 0.5) is 13.2 Å². The molecule has 0 fully saturated rings. The summed E-state index contributed by atoms with van der Waals surface area (Å²) >= 11 is 0. The molecule has 78 valence electrons. The van der Waals surface area contributed by atoms with Crippen molar-refractivity contribution in [2.24, 2.45) is 5.92 Å². The largest absolute Gasteiger partial charge is 0.416 e. The summed E-state index contributed by atoms with van der Waals surface area (Å²) in [6.07, 6.45) is -4.19. The van der Waals surface area contributed by atoms with Crippen LogP contribution in [0.5, 0.6) is 0 Å². The second-order valence-corrected chi connectivity index (χ2v) is 3.40. The number of fused-ring (bicyclic) bond motifs is 1. The molecular formula is C8H8F3NO2. The van der Waals surface area contributed by atoms with E-state index in [0.29, 0.717) is 11.5 Å². The maximum absolute atomic E-state index is 12.3. The van der Waals surface area contributed by atoms with E-state index in [2.05, 4.69) is 9.40 Å². The molecule has 1 heterocycles.